The van der Waals surface area contributed by atoms with Gasteiger partial charge in [0.2, 0.25) is 0 Å². The second-order valence-electron chi connectivity index (χ2n) is 1.74. The van der Waals surface area contributed by atoms with E-state index >= 15 is 0 Å². The summed E-state index contributed by atoms with van der Waals surface area (Å²) in [5.41, 5.74) is 0. The van der Waals surface area contributed by atoms with Crippen LogP contribution in [-0.4, -0.2) is 21.2 Å². The molecule has 0 amide bonds. The first-order valence-electron chi connectivity index (χ1n) is 2.38. The summed E-state index contributed by atoms with van der Waals surface area (Å²) in [5, 5.41) is -5.02. The van der Waals surface area contributed by atoms with Crippen molar-refractivity contribution in [3.8, 4) is 0 Å². The molecule has 0 heterocycles. The highest BCUT2D eigenvalue weighted by molar-refractivity contribution is 9.10. The van der Waals surface area contributed by atoms with Gasteiger partial charge in [-0.15, -0.1) is 23.2 Å². The Labute approximate surface area is 85.1 Å². The molecule has 0 saturated carbocycles. The van der Waals surface area contributed by atoms with Gasteiger partial charge in [0.05, 0.1) is 0 Å². The van der Waals surface area contributed by atoms with Crippen molar-refractivity contribution < 1.29 is 13.2 Å². The van der Waals surface area contributed by atoms with Crippen LogP contribution in [0.15, 0.2) is 0 Å². The summed E-state index contributed by atoms with van der Waals surface area (Å²) in [6, 6.07) is 0. The Balaban J connectivity index is 4.45. The van der Waals surface area contributed by atoms with Gasteiger partial charge in [0.1, 0.15) is 5.38 Å². The van der Waals surface area contributed by atoms with Gasteiger partial charge in [-0.2, -0.15) is 8.78 Å². The van der Waals surface area contributed by atoms with Gasteiger partial charge >= 0.3 is 4.83 Å². The van der Waals surface area contributed by atoms with E-state index in [1.807, 2.05) is 0 Å². The van der Waals surface area contributed by atoms with Crippen molar-refractivity contribution >= 4 is 50.7 Å². The third-order valence-corrected chi connectivity index (χ3v) is 3.25. The van der Waals surface area contributed by atoms with Crippen LogP contribution in [0, 0.1) is 0 Å². The van der Waals surface area contributed by atoms with Gasteiger partial charge in [-0.3, -0.25) is 0 Å². The fourth-order valence-corrected chi connectivity index (χ4v) is 1.19. The first-order chi connectivity index (χ1) is 4.73. The normalized spacial score (nSPS) is 21.0. The molecular formula is C4H3BrCl3F3. The van der Waals surface area contributed by atoms with Crippen LogP contribution in [-0.2, 0) is 0 Å². The standard InChI is InChI=1S/C4H3BrCl3F3/c5-4(10,11)3(8,9)2(7)1-6/h2H,1H2/t2-,3-/m1/s1. The van der Waals surface area contributed by atoms with E-state index in [9.17, 15) is 13.2 Å². The zero-order valence-electron chi connectivity index (χ0n) is 4.93. The lowest BCUT2D eigenvalue weighted by molar-refractivity contribution is -0.00419. The van der Waals surface area contributed by atoms with Crippen LogP contribution in [0.5, 0.6) is 0 Å². The number of hydrogen-bond donors (Lipinski definition) is 0. The van der Waals surface area contributed by atoms with Gasteiger partial charge in [-0.25, -0.2) is 4.39 Å². The maximum Gasteiger partial charge on any atom is 0.349 e. The van der Waals surface area contributed by atoms with E-state index in [0.717, 1.165) is 0 Å². The second kappa shape index (κ2) is 3.90. The van der Waals surface area contributed by atoms with E-state index in [2.05, 4.69) is 0 Å². The smallest absolute Gasteiger partial charge is 0.217 e. The topological polar surface area (TPSA) is 0 Å². The molecule has 0 nitrogen and oxygen atoms in total. The fourth-order valence-electron chi connectivity index (χ4n) is 0.274. The molecule has 7 heteroatoms. The molecule has 0 aromatic rings. The molecule has 0 bridgehead atoms. The molecule has 0 N–H and O–H groups in total. The zero-order chi connectivity index (χ0) is 9.28. The second-order valence-corrected chi connectivity index (χ2v) is 4.12. The summed E-state index contributed by atoms with van der Waals surface area (Å²) in [7, 11) is 0. The minimum absolute atomic E-state index is 0.497. The lowest BCUT2D eigenvalue weighted by atomic mass is 10.3. The largest absolute Gasteiger partial charge is 0.349 e. The summed E-state index contributed by atoms with van der Waals surface area (Å²) in [6.07, 6.45) is 0. The first-order valence-corrected chi connectivity index (χ1v) is 4.52. The number of alkyl halides is 7. The van der Waals surface area contributed by atoms with E-state index in [4.69, 9.17) is 34.8 Å². The highest BCUT2D eigenvalue weighted by Crippen LogP contribution is 2.45. The highest BCUT2D eigenvalue weighted by Gasteiger charge is 2.56. The predicted molar refractivity (Wildman–Crippen MR) is 43.9 cm³/mol. The van der Waals surface area contributed by atoms with Crippen molar-refractivity contribution in [3.63, 3.8) is 0 Å². The molecular weight excluding hydrogens is 291 g/mol. The molecule has 0 fully saturated rings. The van der Waals surface area contributed by atoms with E-state index in [0.29, 0.717) is 0 Å². The Bertz CT molecular complexity index is 135. The minimum Gasteiger partial charge on any atom is -0.217 e. The Morgan fingerprint density at radius 2 is 1.73 bits per heavy atom. The van der Waals surface area contributed by atoms with Crippen LogP contribution in [0.4, 0.5) is 13.2 Å². The highest BCUT2D eigenvalue weighted by atomic mass is 79.9. The summed E-state index contributed by atoms with van der Waals surface area (Å²) in [6.45, 7) is 0. The Morgan fingerprint density at radius 3 is 1.82 bits per heavy atom. The number of halogens is 7. The van der Waals surface area contributed by atoms with E-state index in [1.165, 1.54) is 0 Å². The fraction of sp³-hybridized carbons (Fsp3) is 1.00. The van der Waals surface area contributed by atoms with Crippen LogP contribution >= 0.6 is 50.7 Å². The maximum absolute atomic E-state index is 12.7. The van der Waals surface area contributed by atoms with Crippen molar-refractivity contribution in [2.24, 2.45) is 0 Å². The van der Waals surface area contributed by atoms with Gasteiger partial charge in [0.15, 0.2) is 0 Å². The third-order valence-electron chi connectivity index (χ3n) is 0.907. The van der Waals surface area contributed by atoms with Crippen LogP contribution in [0.3, 0.4) is 0 Å². The molecule has 0 aliphatic carbocycles. The average Bonchev–Trinajstić information content (AvgIpc) is 1.83. The molecule has 0 spiro atoms. The molecule has 0 saturated heterocycles. The minimum atomic E-state index is -3.89. The third kappa shape index (κ3) is 2.83. The lowest BCUT2D eigenvalue weighted by Crippen LogP contribution is -2.43. The van der Waals surface area contributed by atoms with Gasteiger partial charge in [-0.05, 0) is 15.9 Å². The molecule has 68 valence electrons. The molecule has 0 aromatic heterocycles. The lowest BCUT2D eigenvalue weighted by Gasteiger charge is -2.25. The predicted octanol–water partition coefficient (Wildman–Crippen LogP) is 3.72. The van der Waals surface area contributed by atoms with E-state index in [-0.39, 0.29) is 0 Å². The molecule has 0 unspecified atom stereocenters. The van der Waals surface area contributed by atoms with Crippen LogP contribution in [0.2, 0.25) is 0 Å². The quantitative estimate of drug-likeness (QED) is 0.696. The number of hydrogen-bond acceptors (Lipinski definition) is 0. The molecule has 0 rings (SSSR count). The van der Waals surface area contributed by atoms with E-state index < -0.39 is 21.2 Å². The monoisotopic (exact) mass is 292 g/mol. The van der Waals surface area contributed by atoms with Crippen LogP contribution in [0.25, 0.3) is 0 Å². The SMILES string of the molecule is FC(F)(Br)[C@@](F)(Cl)[C@H](Cl)CCl. The molecule has 0 aliphatic rings. The summed E-state index contributed by atoms with van der Waals surface area (Å²) in [5.74, 6) is -0.497. The van der Waals surface area contributed by atoms with Gasteiger partial charge in [-0.1, -0.05) is 11.6 Å². The molecule has 0 aliphatic heterocycles. The summed E-state index contributed by atoms with van der Waals surface area (Å²) in [4.78, 5) is -3.89. The van der Waals surface area contributed by atoms with Crippen molar-refractivity contribution in [1.29, 1.82) is 0 Å². The first kappa shape index (κ1) is 12.1. The molecule has 11 heavy (non-hydrogen) atoms. The number of rotatable bonds is 3. The Hall–Kier alpha value is 1.14. The van der Waals surface area contributed by atoms with Crippen LogP contribution in [0.1, 0.15) is 0 Å². The van der Waals surface area contributed by atoms with Crippen molar-refractivity contribution in [3.05, 3.63) is 0 Å². The van der Waals surface area contributed by atoms with Gasteiger partial charge in [0, 0.05) is 5.88 Å². The van der Waals surface area contributed by atoms with Crippen LogP contribution < -0.4 is 0 Å². The van der Waals surface area contributed by atoms with Crippen molar-refractivity contribution in [1.82, 2.24) is 0 Å². The summed E-state index contributed by atoms with van der Waals surface area (Å²) >= 11 is 16.7. The van der Waals surface area contributed by atoms with Gasteiger partial charge < -0.3 is 0 Å². The van der Waals surface area contributed by atoms with Gasteiger partial charge in [0.25, 0.3) is 5.13 Å². The summed E-state index contributed by atoms with van der Waals surface area (Å²) < 4.78 is 37.2. The van der Waals surface area contributed by atoms with Crippen molar-refractivity contribution in [2.45, 2.75) is 15.3 Å². The zero-order valence-corrected chi connectivity index (χ0v) is 8.78. The Kier molecular flexibility index (Phi) is 4.30. The van der Waals surface area contributed by atoms with E-state index in [1.54, 1.807) is 15.9 Å². The average molecular weight is 294 g/mol. The molecule has 2 atom stereocenters. The molecule has 0 radical (unpaired) electrons. The molecule has 0 aromatic carbocycles. The Morgan fingerprint density at radius 1 is 1.36 bits per heavy atom. The van der Waals surface area contributed by atoms with Crippen molar-refractivity contribution in [2.75, 3.05) is 5.88 Å². The maximum atomic E-state index is 12.7.